The Kier molecular flexibility index (Phi) is 3.72. The van der Waals surface area contributed by atoms with Gasteiger partial charge in [-0.2, -0.15) is 0 Å². The Morgan fingerprint density at radius 1 is 1.61 bits per heavy atom. The molecule has 98 valence electrons. The molecule has 5 heteroatoms. The third-order valence-corrected chi connectivity index (χ3v) is 3.21. The van der Waals surface area contributed by atoms with Gasteiger partial charge in [0, 0.05) is 19.4 Å². The summed E-state index contributed by atoms with van der Waals surface area (Å²) in [6.45, 7) is 2.68. The summed E-state index contributed by atoms with van der Waals surface area (Å²) in [5.74, 6) is 0.972. The molecule has 1 aliphatic heterocycles. The molecule has 0 spiro atoms. The van der Waals surface area contributed by atoms with Crippen LogP contribution in [0.1, 0.15) is 24.8 Å². The molecule has 1 amide bonds. The highest BCUT2D eigenvalue weighted by Crippen LogP contribution is 2.38. The first-order chi connectivity index (χ1) is 8.61. The summed E-state index contributed by atoms with van der Waals surface area (Å²) in [5, 5.41) is 13.9. The van der Waals surface area contributed by atoms with Crippen LogP contribution in [0, 0.1) is 0 Å². The zero-order valence-corrected chi connectivity index (χ0v) is 10.6. The first-order valence-electron chi connectivity index (χ1n) is 6.00. The van der Waals surface area contributed by atoms with Gasteiger partial charge in [-0.05, 0) is 30.2 Å². The van der Waals surface area contributed by atoms with Crippen LogP contribution in [0.2, 0.25) is 0 Å². The molecule has 1 unspecified atom stereocenters. The van der Waals surface area contributed by atoms with Crippen molar-refractivity contribution in [3.63, 3.8) is 0 Å². The average Bonchev–Trinajstić information content (AvgIpc) is 2.65. The quantitative estimate of drug-likeness (QED) is 0.850. The Morgan fingerprint density at radius 3 is 3.06 bits per heavy atom. The van der Waals surface area contributed by atoms with Crippen LogP contribution in [-0.2, 0) is 4.79 Å². The summed E-state index contributed by atoms with van der Waals surface area (Å²) in [5.41, 5.74) is 1.89. The van der Waals surface area contributed by atoms with Crippen LogP contribution in [0.25, 0.3) is 0 Å². The number of nitrogens with one attached hydrogen (secondary N) is 1. The summed E-state index contributed by atoms with van der Waals surface area (Å²) in [6.07, 6.45) is 0.802. The molecule has 0 aliphatic carbocycles. The number of anilines is 1. The van der Waals surface area contributed by atoms with Crippen molar-refractivity contribution in [2.24, 2.45) is 0 Å². The molecule has 2 N–H and O–H groups in total. The third kappa shape index (κ3) is 2.56. The number of carbonyl (C=O) groups excluding carboxylic acids is 1. The van der Waals surface area contributed by atoms with Crippen molar-refractivity contribution in [3.8, 4) is 5.75 Å². The number of hydrogen-bond donors (Lipinski definition) is 2. The standard InChI is InChI=1S/C13H18N2O3/c1-9(16)14-6-5-10-8-15(17)13-4-3-11(18-2)7-12(10)13/h3-4,7,10,17H,5-6,8H2,1-2H3,(H,14,16). The molecule has 1 aliphatic rings. The van der Waals surface area contributed by atoms with Gasteiger partial charge in [-0.3, -0.25) is 15.1 Å². The minimum absolute atomic E-state index is 0.0280. The topological polar surface area (TPSA) is 61.8 Å². The van der Waals surface area contributed by atoms with E-state index in [2.05, 4.69) is 5.32 Å². The number of rotatable bonds is 4. The molecule has 1 heterocycles. The van der Waals surface area contributed by atoms with E-state index in [0.717, 1.165) is 23.4 Å². The number of ether oxygens (including phenoxy) is 1. The summed E-state index contributed by atoms with van der Waals surface area (Å²) < 4.78 is 5.20. The Hall–Kier alpha value is -1.75. The van der Waals surface area contributed by atoms with Crippen molar-refractivity contribution < 1.29 is 14.7 Å². The maximum Gasteiger partial charge on any atom is 0.216 e. The van der Waals surface area contributed by atoms with Crippen LogP contribution in [-0.4, -0.2) is 31.3 Å². The van der Waals surface area contributed by atoms with Gasteiger partial charge in [0.1, 0.15) is 5.75 Å². The van der Waals surface area contributed by atoms with Crippen LogP contribution in [0.4, 0.5) is 5.69 Å². The maximum absolute atomic E-state index is 10.8. The summed E-state index contributed by atoms with van der Waals surface area (Å²) in [4.78, 5) is 10.8. The first-order valence-corrected chi connectivity index (χ1v) is 6.00. The fourth-order valence-electron chi connectivity index (χ4n) is 2.30. The molecule has 0 saturated carbocycles. The highest BCUT2D eigenvalue weighted by Gasteiger charge is 2.27. The Morgan fingerprint density at radius 2 is 2.39 bits per heavy atom. The number of amides is 1. The SMILES string of the molecule is COc1ccc2c(c1)C(CCNC(C)=O)CN2O. The molecule has 0 saturated heterocycles. The number of benzene rings is 1. The zero-order valence-electron chi connectivity index (χ0n) is 10.6. The largest absolute Gasteiger partial charge is 0.497 e. The molecule has 0 radical (unpaired) electrons. The van der Waals surface area contributed by atoms with Crippen molar-refractivity contribution in [1.29, 1.82) is 0 Å². The van der Waals surface area contributed by atoms with Gasteiger partial charge >= 0.3 is 0 Å². The second kappa shape index (κ2) is 5.27. The lowest BCUT2D eigenvalue weighted by Crippen LogP contribution is -2.24. The smallest absolute Gasteiger partial charge is 0.216 e. The molecule has 18 heavy (non-hydrogen) atoms. The van der Waals surface area contributed by atoms with Crippen molar-refractivity contribution in [2.45, 2.75) is 19.3 Å². The fraction of sp³-hybridized carbons (Fsp3) is 0.462. The minimum atomic E-state index is -0.0280. The number of carbonyl (C=O) groups is 1. The Bertz CT molecular complexity index is 448. The van der Waals surface area contributed by atoms with E-state index in [1.807, 2.05) is 18.2 Å². The van der Waals surface area contributed by atoms with Crippen molar-refractivity contribution >= 4 is 11.6 Å². The highest BCUT2D eigenvalue weighted by molar-refractivity contribution is 5.72. The highest BCUT2D eigenvalue weighted by atomic mass is 16.5. The molecule has 0 bridgehead atoms. The zero-order chi connectivity index (χ0) is 13.1. The fourth-order valence-corrected chi connectivity index (χ4v) is 2.30. The molecule has 1 aromatic rings. The van der Waals surface area contributed by atoms with Gasteiger partial charge in [-0.1, -0.05) is 0 Å². The van der Waals surface area contributed by atoms with Crippen LogP contribution in [0.15, 0.2) is 18.2 Å². The lowest BCUT2D eigenvalue weighted by atomic mass is 9.97. The molecule has 0 aromatic heterocycles. The van der Waals surface area contributed by atoms with E-state index in [1.54, 1.807) is 7.11 Å². The van der Waals surface area contributed by atoms with E-state index in [4.69, 9.17) is 4.74 Å². The van der Waals surface area contributed by atoms with Gasteiger partial charge in [0.05, 0.1) is 19.3 Å². The van der Waals surface area contributed by atoms with Crippen LogP contribution < -0.4 is 15.1 Å². The molecule has 0 fully saturated rings. The normalized spacial score (nSPS) is 17.5. The maximum atomic E-state index is 10.8. The van der Waals surface area contributed by atoms with Crippen molar-refractivity contribution in [1.82, 2.24) is 5.32 Å². The second-order valence-corrected chi connectivity index (χ2v) is 4.48. The van der Waals surface area contributed by atoms with E-state index in [0.29, 0.717) is 13.1 Å². The van der Waals surface area contributed by atoms with Crippen LogP contribution in [0.5, 0.6) is 5.75 Å². The van der Waals surface area contributed by atoms with Gasteiger partial charge in [-0.15, -0.1) is 0 Å². The second-order valence-electron chi connectivity index (χ2n) is 4.48. The monoisotopic (exact) mass is 250 g/mol. The number of hydroxylamine groups is 1. The van der Waals surface area contributed by atoms with Gasteiger partial charge in [0.25, 0.3) is 0 Å². The Labute approximate surface area is 106 Å². The third-order valence-electron chi connectivity index (χ3n) is 3.21. The number of fused-ring (bicyclic) bond motifs is 1. The van der Waals surface area contributed by atoms with Crippen molar-refractivity contribution in [3.05, 3.63) is 23.8 Å². The summed E-state index contributed by atoms with van der Waals surface area (Å²) in [6, 6.07) is 5.63. The van der Waals surface area contributed by atoms with E-state index in [9.17, 15) is 10.0 Å². The predicted molar refractivity (Wildman–Crippen MR) is 68.2 cm³/mol. The minimum Gasteiger partial charge on any atom is -0.497 e. The first kappa shape index (κ1) is 12.7. The lowest BCUT2D eigenvalue weighted by Gasteiger charge is -2.11. The molecule has 1 aromatic carbocycles. The average molecular weight is 250 g/mol. The van der Waals surface area contributed by atoms with E-state index >= 15 is 0 Å². The number of nitrogens with zero attached hydrogens (tertiary/aromatic N) is 1. The Balaban J connectivity index is 2.10. The van der Waals surface area contributed by atoms with E-state index < -0.39 is 0 Å². The van der Waals surface area contributed by atoms with Crippen LogP contribution >= 0.6 is 0 Å². The summed E-state index contributed by atoms with van der Waals surface area (Å²) >= 11 is 0. The molecule has 5 nitrogen and oxygen atoms in total. The van der Waals surface area contributed by atoms with Gasteiger partial charge in [-0.25, -0.2) is 0 Å². The van der Waals surface area contributed by atoms with Gasteiger partial charge in [0.2, 0.25) is 5.91 Å². The van der Waals surface area contributed by atoms with E-state index in [-0.39, 0.29) is 11.8 Å². The lowest BCUT2D eigenvalue weighted by molar-refractivity contribution is -0.118. The van der Waals surface area contributed by atoms with Crippen LogP contribution in [0.3, 0.4) is 0 Å². The number of hydrogen-bond acceptors (Lipinski definition) is 4. The van der Waals surface area contributed by atoms with Crippen molar-refractivity contribution in [2.75, 3.05) is 25.3 Å². The summed E-state index contributed by atoms with van der Waals surface area (Å²) in [7, 11) is 1.62. The van der Waals surface area contributed by atoms with Gasteiger partial charge in [0.15, 0.2) is 0 Å². The molecular weight excluding hydrogens is 232 g/mol. The molecule has 2 rings (SSSR count). The molecule has 1 atom stereocenters. The van der Waals surface area contributed by atoms with E-state index in [1.165, 1.54) is 12.0 Å². The number of methoxy groups -OCH3 is 1. The predicted octanol–water partition coefficient (Wildman–Crippen LogP) is 1.51. The molecular formula is C13H18N2O3. The van der Waals surface area contributed by atoms with Gasteiger partial charge < -0.3 is 10.1 Å².